The molecule has 1 amide bonds. The van der Waals surface area contributed by atoms with E-state index >= 15 is 0 Å². The van der Waals surface area contributed by atoms with Crippen LogP contribution in [0.25, 0.3) is 35.2 Å². The lowest BCUT2D eigenvalue weighted by Crippen LogP contribution is -2.52. The summed E-state index contributed by atoms with van der Waals surface area (Å²) in [5.74, 6) is 3.15. The van der Waals surface area contributed by atoms with Gasteiger partial charge in [-0.25, -0.2) is 34.1 Å². The number of carbonyl (C=O) groups excluding carboxylic acids is 1. The molecular weight excluding hydrogens is 1020 g/mol. The van der Waals surface area contributed by atoms with E-state index in [9.17, 15) is 62.3 Å². The largest absolute Gasteiger partial charge is 0.478 e. The van der Waals surface area contributed by atoms with Crippen LogP contribution in [0.5, 0.6) is 0 Å². The summed E-state index contributed by atoms with van der Waals surface area (Å²) in [4.78, 5) is 34.7. The van der Waals surface area contributed by atoms with Gasteiger partial charge in [0, 0.05) is 101 Å². The summed E-state index contributed by atoms with van der Waals surface area (Å²) in [5.41, 5.74) is -1.55. The lowest BCUT2D eigenvalue weighted by molar-refractivity contribution is -0.144. The van der Waals surface area contributed by atoms with Gasteiger partial charge in [-0.15, -0.1) is 10.2 Å². The van der Waals surface area contributed by atoms with E-state index in [0.29, 0.717) is 43.4 Å². The Labute approximate surface area is 419 Å². The van der Waals surface area contributed by atoms with Crippen LogP contribution in [0.15, 0.2) is 122 Å². The second kappa shape index (κ2) is 24.7. The van der Waals surface area contributed by atoms with E-state index in [1.54, 1.807) is 5.01 Å². The Morgan fingerprint density at radius 2 is 0.893 bits per heavy atom. The molecule has 0 spiro atoms. The third kappa shape index (κ3) is 17.9. The molecular formula is C48H46F12N12O3. The van der Waals surface area contributed by atoms with Crippen molar-refractivity contribution in [3.63, 3.8) is 0 Å². The lowest BCUT2D eigenvalue weighted by atomic mass is 10.0. The molecule has 4 heterocycles. The van der Waals surface area contributed by atoms with Crippen molar-refractivity contribution in [2.24, 2.45) is 5.84 Å². The van der Waals surface area contributed by atoms with Gasteiger partial charge >= 0.3 is 30.7 Å². The Balaban J connectivity index is 0.000000204. The van der Waals surface area contributed by atoms with E-state index in [4.69, 9.17) is 10.9 Å². The number of nitrogens with zero attached hydrogens (tertiary/aromatic N) is 10. The van der Waals surface area contributed by atoms with E-state index in [-0.39, 0.29) is 18.0 Å². The molecule has 6 aromatic rings. The smallest absolute Gasteiger partial charge is 0.416 e. The van der Waals surface area contributed by atoms with Crippen LogP contribution in [0, 0.1) is 0 Å². The van der Waals surface area contributed by atoms with Crippen molar-refractivity contribution in [1.82, 2.24) is 54.8 Å². The van der Waals surface area contributed by atoms with Gasteiger partial charge in [0.2, 0.25) is 0 Å². The molecule has 4 N–H and O–H groups in total. The minimum absolute atomic E-state index is 0.00910. The summed E-state index contributed by atoms with van der Waals surface area (Å²) in [6, 6.07) is 22.7. The summed E-state index contributed by atoms with van der Waals surface area (Å²) in [6.07, 6.45) is -14.0. The normalized spacial score (nSPS) is 15.6. The molecule has 8 rings (SSSR count). The van der Waals surface area contributed by atoms with Crippen LogP contribution < -0.4 is 11.3 Å². The van der Waals surface area contributed by atoms with Crippen molar-refractivity contribution < 1.29 is 67.4 Å². The van der Waals surface area contributed by atoms with Crippen LogP contribution in [0.1, 0.15) is 33.4 Å². The highest BCUT2D eigenvalue weighted by Gasteiger charge is 2.39. The minimum atomic E-state index is -4.98. The number of aliphatic carboxylic acids is 1. The zero-order valence-electron chi connectivity index (χ0n) is 39.1. The fourth-order valence-corrected chi connectivity index (χ4v) is 7.23. The number of benzene rings is 4. The first-order valence-electron chi connectivity index (χ1n) is 22.4. The van der Waals surface area contributed by atoms with Crippen LogP contribution in [0.2, 0.25) is 0 Å². The number of alkyl halides is 12. The van der Waals surface area contributed by atoms with Gasteiger partial charge in [0.15, 0.2) is 11.6 Å². The van der Waals surface area contributed by atoms with Gasteiger partial charge in [-0.2, -0.15) is 52.7 Å². The van der Waals surface area contributed by atoms with Crippen molar-refractivity contribution in [2.45, 2.75) is 37.8 Å². The molecule has 2 aliphatic rings. The molecule has 75 heavy (non-hydrogen) atoms. The zero-order valence-corrected chi connectivity index (χ0v) is 39.1. The summed E-state index contributed by atoms with van der Waals surface area (Å²) in [6.45, 7) is 8.69. The average Bonchev–Trinajstić information content (AvgIpc) is 4.05. The highest BCUT2D eigenvalue weighted by molar-refractivity contribution is 5.89. The highest BCUT2D eigenvalue weighted by Crippen LogP contribution is 2.39. The lowest BCUT2D eigenvalue weighted by Gasteiger charge is -2.34. The molecule has 400 valence electrons. The highest BCUT2D eigenvalue weighted by atomic mass is 19.4. The van der Waals surface area contributed by atoms with Crippen molar-refractivity contribution >= 4 is 24.3 Å². The number of hydrogen-bond acceptors (Lipinski definition) is 11. The molecule has 2 saturated heterocycles. The van der Waals surface area contributed by atoms with Gasteiger partial charge in [-0.1, -0.05) is 60.7 Å². The molecule has 0 unspecified atom stereocenters. The summed E-state index contributed by atoms with van der Waals surface area (Å²) < 4.78 is 157. The standard InChI is InChI=1S/C24H22F6N6O.C13H7F6N3O2.C11H17N3/c25-23(26,27)19-12-18(13-20(14-19)24(28,29)30)22-31-16-36(33-22)7-6-21(37)32-35-10-8-34(9-11-35)15-17-4-2-1-3-5-17;14-12(15,16)8-3-7(4-9(5-8)13(17,18)19)11-20-6-22(21-11)2-1-10(23)24;12-14-8-6-13(7-9-14)10-11-4-2-1-3-5-11/h1-7,12-14,16H,8-11,15H2,(H,32,37);1-6H,(H,23,24);1-5H,6-10,12H2/b7-6-;2-1-;. The van der Waals surface area contributed by atoms with Crippen molar-refractivity contribution in [3.8, 4) is 22.8 Å². The number of carbonyl (C=O) groups is 2. The number of amides is 1. The monoisotopic (exact) mass is 1070 g/mol. The van der Waals surface area contributed by atoms with Gasteiger partial charge in [-0.3, -0.25) is 25.9 Å². The number of hydrogen-bond donors (Lipinski definition) is 3. The quantitative estimate of drug-likeness (QED) is 0.0644. The number of nitrogens with one attached hydrogen (secondary N) is 1. The van der Waals surface area contributed by atoms with Crippen molar-refractivity contribution in [2.75, 3.05) is 52.4 Å². The second-order valence-electron chi connectivity index (χ2n) is 16.7. The molecule has 0 bridgehead atoms. The maximum Gasteiger partial charge on any atom is 0.416 e. The van der Waals surface area contributed by atoms with Crippen LogP contribution in [-0.2, 0) is 47.4 Å². The Kier molecular flexibility index (Phi) is 18.7. The molecule has 0 aliphatic carbocycles. The molecule has 2 aliphatic heterocycles. The molecule has 15 nitrogen and oxygen atoms in total. The average molecular weight is 1070 g/mol. The SMILES string of the molecule is NN1CCN(Cc2ccccc2)CC1.O=C(/C=C\n1cnc(-c2cc(C(F)(F)F)cc(C(F)(F)F)c2)n1)NN1CCN(Cc2ccccc2)CC1.O=C(O)/C=C\n1cnc(-c2cc(C(F)(F)F)cc(C(F)(F)F)c2)n1. The first-order valence-corrected chi connectivity index (χ1v) is 22.4. The van der Waals surface area contributed by atoms with Crippen LogP contribution in [0.3, 0.4) is 0 Å². The molecule has 0 radical (unpaired) electrons. The number of carboxylic acid groups (broad SMARTS) is 1. The number of hydrazine groups is 2. The van der Waals surface area contributed by atoms with Gasteiger partial charge in [-0.05, 0) is 47.5 Å². The Morgan fingerprint density at radius 1 is 0.533 bits per heavy atom. The molecule has 2 aromatic heterocycles. The predicted molar refractivity (Wildman–Crippen MR) is 248 cm³/mol. The van der Waals surface area contributed by atoms with E-state index in [0.717, 1.165) is 86.7 Å². The summed E-state index contributed by atoms with van der Waals surface area (Å²) in [5, 5.41) is 19.6. The van der Waals surface area contributed by atoms with E-state index in [1.807, 2.05) is 23.2 Å². The zero-order chi connectivity index (χ0) is 54.6. The Hall–Kier alpha value is -7.46. The summed E-state index contributed by atoms with van der Waals surface area (Å²) >= 11 is 0. The van der Waals surface area contributed by atoms with Crippen LogP contribution in [-0.4, -0.2) is 119 Å². The maximum absolute atomic E-state index is 13.1. The number of nitrogens with two attached hydrogens (primary N) is 1. The Morgan fingerprint density at radius 3 is 1.25 bits per heavy atom. The van der Waals surface area contributed by atoms with Gasteiger partial charge < -0.3 is 5.11 Å². The molecule has 2 fully saturated rings. The fourth-order valence-electron chi connectivity index (χ4n) is 7.23. The third-order valence-corrected chi connectivity index (χ3v) is 11.0. The second-order valence-corrected chi connectivity index (χ2v) is 16.7. The van der Waals surface area contributed by atoms with E-state index in [2.05, 4.69) is 77.9 Å². The van der Waals surface area contributed by atoms with Gasteiger partial charge in [0.05, 0.1) is 22.3 Å². The summed E-state index contributed by atoms with van der Waals surface area (Å²) in [7, 11) is 0. The number of rotatable bonds is 11. The van der Waals surface area contributed by atoms with Crippen LogP contribution in [0.4, 0.5) is 52.7 Å². The van der Waals surface area contributed by atoms with E-state index in [1.165, 1.54) is 17.3 Å². The fraction of sp³-hybridized carbons (Fsp3) is 0.292. The topological polar surface area (TPSA) is 167 Å². The van der Waals surface area contributed by atoms with Crippen molar-refractivity contribution in [1.29, 1.82) is 0 Å². The van der Waals surface area contributed by atoms with Crippen LogP contribution >= 0.6 is 0 Å². The third-order valence-electron chi connectivity index (χ3n) is 11.0. The number of carboxylic acids is 1. The van der Waals surface area contributed by atoms with Gasteiger partial charge in [0.25, 0.3) is 5.91 Å². The number of halogens is 12. The molecule has 0 atom stereocenters. The number of piperazine rings is 2. The van der Waals surface area contributed by atoms with Gasteiger partial charge in [0.1, 0.15) is 12.7 Å². The molecule has 0 saturated carbocycles. The maximum atomic E-state index is 13.1. The first kappa shape index (κ1) is 56.8. The molecule has 4 aromatic carbocycles. The van der Waals surface area contributed by atoms with E-state index < -0.39 is 75.8 Å². The predicted octanol–water partition coefficient (Wildman–Crippen LogP) is 8.52. The minimum Gasteiger partial charge on any atom is -0.478 e. The van der Waals surface area contributed by atoms with Crippen molar-refractivity contribution in [3.05, 3.63) is 155 Å². The Bertz CT molecular complexity index is 2810. The number of aromatic nitrogens is 6. The molecule has 27 heteroatoms. The first-order chi connectivity index (χ1) is 35.3.